The Morgan fingerprint density at radius 3 is 2.36 bits per heavy atom. The van der Waals surface area contributed by atoms with E-state index in [0.717, 1.165) is 12.0 Å². The van der Waals surface area contributed by atoms with E-state index in [2.05, 4.69) is 0 Å². The highest BCUT2D eigenvalue weighted by Crippen LogP contribution is 2.50. The highest BCUT2D eigenvalue weighted by molar-refractivity contribution is 6.31. The third-order valence-corrected chi connectivity index (χ3v) is 6.03. The van der Waals surface area contributed by atoms with Crippen LogP contribution in [0, 0.1) is 11.7 Å². The van der Waals surface area contributed by atoms with Crippen LogP contribution in [-0.4, -0.2) is 47.8 Å². The van der Waals surface area contributed by atoms with Gasteiger partial charge in [0.15, 0.2) is 0 Å². The first-order chi connectivity index (χ1) is 13.5. The van der Waals surface area contributed by atoms with Crippen LogP contribution in [0.25, 0.3) is 0 Å². The number of benzene rings is 2. The molecule has 1 saturated heterocycles. The molecule has 0 aromatic heterocycles. The van der Waals surface area contributed by atoms with Crippen molar-refractivity contribution in [1.29, 1.82) is 0 Å². The van der Waals surface area contributed by atoms with Crippen LogP contribution in [0.5, 0.6) is 0 Å². The molecule has 4 rings (SSSR count). The minimum Gasteiger partial charge on any atom is -0.339 e. The van der Waals surface area contributed by atoms with Gasteiger partial charge in [0.1, 0.15) is 5.82 Å². The average molecular weight is 421 g/mol. The van der Waals surface area contributed by atoms with Gasteiger partial charge in [0.2, 0.25) is 5.91 Å². The van der Waals surface area contributed by atoms with E-state index in [1.165, 1.54) is 18.2 Å². The minimum atomic E-state index is -0.589. The van der Waals surface area contributed by atoms with E-state index >= 15 is 0 Å². The van der Waals surface area contributed by atoms with E-state index < -0.39 is 11.7 Å². The predicted octanol–water partition coefficient (Wildman–Crippen LogP) is 4.22. The Labute approximate surface area is 172 Å². The SMILES string of the molecule is O=C(c1cc(Cl)ccc1F)N1CCN(C(=O)C2CC2c2ccccc2Cl)CC1. The first-order valence-corrected chi connectivity index (χ1v) is 9.99. The number of amides is 2. The highest BCUT2D eigenvalue weighted by Gasteiger charge is 2.47. The van der Waals surface area contributed by atoms with Crippen molar-refractivity contribution in [1.82, 2.24) is 9.80 Å². The quantitative estimate of drug-likeness (QED) is 0.745. The first-order valence-electron chi connectivity index (χ1n) is 9.23. The summed E-state index contributed by atoms with van der Waals surface area (Å²) < 4.78 is 13.9. The van der Waals surface area contributed by atoms with Crippen molar-refractivity contribution in [2.45, 2.75) is 12.3 Å². The lowest BCUT2D eigenvalue weighted by atomic mass is 10.1. The van der Waals surface area contributed by atoms with Gasteiger partial charge < -0.3 is 9.80 Å². The van der Waals surface area contributed by atoms with Crippen LogP contribution < -0.4 is 0 Å². The van der Waals surface area contributed by atoms with Crippen LogP contribution in [0.2, 0.25) is 10.0 Å². The summed E-state index contributed by atoms with van der Waals surface area (Å²) in [5.41, 5.74) is 0.987. The van der Waals surface area contributed by atoms with Gasteiger partial charge in [0, 0.05) is 42.1 Å². The Balaban J connectivity index is 1.36. The van der Waals surface area contributed by atoms with Crippen LogP contribution in [-0.2, 0) is 4.79 Å². The van der Waals surface area contributed by atoms with Crippen LogP contribution in [0.15, 0.2) is 42.5 Å². The molecule has 0 spiro atoms. The zero-order valence-corrected chi connectivity index (χ0v) is 16.6. The lowest BCUT2D eigenvalue weighted by molar-refractivity contribution is -0.134. The molecule has 2 unspecified atom stereocenters. The third kappa shape index (κ3) is 3.74. The predicted molar refractivity (Wildman–Crippen MR) is 106 cm³/mol. The van der Waals surface area contributed by atoms with E-state index in [-0.39, 0.29) is 23.3 Å². The summed E-state index contributed by atoms with van der Waals surface area (Å²) in [5.74, 6) is -0.763. The molecule has 7 heteroatoms. The van der Waals surface area contributed by atoms with Crippen molar-refractivity contribution in [3.63, 3.8) is 0 Å². The molecule has 2 amide bonds. The Hall–Kier alpha value is -2.11. The molecule has 1 heterocycles. The van der Waals surface area contributed by atoms with Crippen molar-refractivity contribution in [2.75, 3.05) is 26.2 Å². The van der Waals surface area contributed by atoms with Gasteiger partial charge in [-0.15, -0.1) is 0 Å². The molecule has 0 radical (unpaired) electrons. The molecule has 0 bridgehead atoms. The van der Waals surface area contributed by atoms with E-state index in [1.54, 1.807) is 9.80 Å². The van der Waals surface area contributed by atoms with Crippen LogP contribution in [0.3, 0.4) is 0 Å². The smallest absolute Gasteiger partial charge is 0.257 e. The molecule has 28 heavy (non-hydrogen) atoms. The maximum Gasteiger partial charge on any atom is 0.257 e. The average Bonchev–Trinajstić information content (AvgIpc) is 3.50. The van der Waals surface area contributed by atoms with E-state index in [1.807, 2.05) is 24.3 Å². The number of carbonyl (C=O) groups is 2. The van der Waals surface area contributed by atoms with Gasteiger partial charge in [-0.25, -0.2) is 4.39 Å². The second-order valence-corrected chi connectivity index (χ2v) is 8.06. The number of hydrogen-bond acceptors (Lipinski definition) is 2. The molecule has 1 saturated carbocycles. The van der Waals surface area contributed by atoms with E-state index in [0.29, 0.717) is 36.2 Å². The lowest BCUT2D eigenvalue weighted by Gasteiger charge is -2.35. The van der Waals surface area contributed by atoms with Crippen molar-refractivity contribution in [3.05, 3.63) is 69.5 Å². The van der Waals surface area contributed by atoms with Crippen LogP contribution in [0.1, 0.15) is 28.3 Å². The molecule has 2 aromatic rings. The van der Waals surface area contributed by atoms with Gasteiger partial charge in [-0.2, -0.15) is 0 Å². The first kappa shape index (κ1) is 19.2. The second-order valence-electron chi connectivity index (χ2n) is 7.21. The normalized spacial score (nSPS) is 21.5. The fourth-order valence-corrected chi connectivity index (χ4v) is 4.23. The molecule has 146 valence electrons. The Morgan fingerprint density at radius 1 is 0.964 bits per heavy atom. The van der Waals surface area contributed by atoms with Gasteiger partial charge in [-0.3, -0.25) is 9.59 Å². The van der Waals surface area contributed by atoms with Gasteiger partial charge in [0.05, 0.1) is 5.56 Å². The zero-order valence-electron chi connectivity index (χ0n) is 15.1. The monoisotopic (exact) mass is 420 g/mol. The molecular weight excluding hydrogens is 402 g/mol. The summed E-state index contributed by atoms with van der Waals surface area (Å²) >= 11 is 12.1. The van der Waals surface area contributed by atoms with E-state index in [4.69, 9.17) is 23.2 Å². The molecule has 0 N–H and O–H groups in total. The Kier molecular flexibility index (Phi) is 5.30. The maximum absolute atomic E-state index is 13.9. The van der Waals surface area contributed by atoms with Gasteiger partial charge in [0.25, 0.3) is 5.91 Å². The standard InChI is InChI=1S/C21H19Cl2FN2O2/c22-13-5-6-19(24)17(11-13)21(28)26-9-7-25(8-10-26)20(27)16-12-15(16)14-3-1-2-4-18(14)23/h1-6,11,15-16H,7-10,12H2. The summed E-state index contributed by atoms with van der Waals surface area (Å²) in [4.78, 5) is 28.7. The van der Waals surface area contributed by atoms with Crippen molar-refractivity contribution in [3.8, 4) is 0 Å². The van der Waals surface area contributed by atoms with Crippen LogP contribution >= 0.6 is 23.2 Å². The minimum absolute atomic E-state index is 0.0340. The highest BCUT2D eigenvalue weighted by atomic mass is 35.5. The topological polar surface area (TPSA) is 40.6 Å². The second kappa shape index (κ2) is 7.72. The van der Waals surface area contributed by atoms with Gasteiger partial charge in [-0.1, -0.05) is 41.4 Å². The van der Waals surface area contributed by atoms with Gasteiger partial charge >= 0.3 is 0 Å². The van der Waals surface area contributed by atoms with E-state index in [9.17, 15) is 14.0 Å². The maximum atomic E-state index is 13.9. The summed E-state index contributed by atoms with van der Waals surface area (Å²) in [6.07, 6.45) is 0.801. The molecule has 2 atom stereocenters. The molecule has 2 aliphatic rings. The molecule has 2 aromatic carbocycles. The molecule has 1 aliphatic heterocycles. The number of rotatable bonds is 3. The summed E-state index contributed by atoms with van der Waals surface area (Å²) in [6, 6.07) is 11.6. The summed E-state index contributed by atoms with van der Waals surface area (Å²) in [7, 11) is 0. The van der Waals surface area contributed by atoms with Crippen molar-refractivity contribution in [2.24, 2.45) is 5.92 Å². The molecule has 2 fully saturated rings. The molecular formula is C21H19Cl2FN2O2. The number of carbonyl (C=O) groups excluding carboxylic acids is 2. The fourth-order valence-electron chi connectivity index (χ4n) is 3.78. The number of hydrogen-bond donors (Lipinski definition) is 0. The largest absolute Gasteiger partial charge is 0.339 e. The summed E-state index contributed by atoms with van der Waals surface area (Å²) in [6.45, 7) is 1.64. The van der Waals surface area contributed by atoms with Crippen molar-refractivity contribution >= 4 is 35.0 Å². The van der Waals surface area contributed by atoms with Crippen molar-refractivity contribution < 1.29 is 14.0 Å². The lowest BCUT2D eigenvalue weighted by Crippen LogP contribution is -2.51. The number of halogens is 3. The number of piperazine rings is 1. The van der Waals surface area contributed by atoms with Crippen LogP contribution in [0.4, 0.5) is 4.39 Å². The third-order valence-electron chi connectivity index (χ3n) is 5.45. The molecule has 4 nitrogen and oxygen atoms in total. The zero-order chi connectivity index (χ0) is 19.8. The Morgan fingerprint density at radius 2 is 1.64 bits per heavy atom. The summed E-state index contributed by atoms with van der Waals surface area (Å²) in [5, 5.41) is 1.01. The Bertz CT molecular complexity index is 928. The van der Waals surface area contributed by atoms with Gasteiger partial charge in [-0.05, 0) is 42.2 Å². The molecule has 1 aliphatic carbocycles. The fraction of sp³-hybridized carbons (Fsp3) is 0.333. The number of nitrogens with zero attached hydrogens (tertiary/aromatic N) is 2.